The second-order valence-corrected chi connectivity index (χ2v) is 5.61. The molecule has 0 fully saturated rings. The second-order valence-electron chi connectivity index (χ2n) is 4.51. The highest BCUT2D eigenvalue weighted by atomic mass is 32.2. The Morgan fingerprint density at radius 1 is 1.47 bits per heavy atom. The van der Waals surface area contributed by atoms with E-state index in [2.05, 4.69) is 26.1 Å². The molecule has 0 atom stereocenters. The van der Waals surface area contributed by atoms with Crippen molar-refractivity contribution in [3.05, 3.63) is 35.0 Å². The molecule has 0 saturated heterocycles. The molecule has 0 heterocycles. The molecule has 0 bridgehead atoms. The molecule has 0 saturated carbocycles. The minimum atomic E-state index is -0.165. The van der Waals surface area contributed by atoms with E-state index in [1.165, 1.54) is 6.08 Å². The predicted molar refractivity (Wildman–Crippen MR) is 66.4 cm³/mol. The summed E-state index contributed by atoms with van der Waals surface area (Å²) in [5, 5.41) is 3.36. The Bertz CT molecular complexity index is 297. The van der Waals surface area contributed by atoms with Gasteiger partial charge in [-0.1, -0.05) is 12.2 Å². The molecule has 84 valence electrons. The van der Waals surface area contributed by atoms with E-state index >= 15 is 0 Å². The van der Waals surface area contributed by atoms with Crippen molar-refractivity contribution >= 4 is 11.8 Å². The van der Waals surface area contributed by atoms with Gasteiger partial charge in [-0.05, 0) is 44.2 Å². The number of halogens is 1. The van der Waals surface area contributed by atoms with Gasteiger partial charge in [0.15, 0.2) is 0 Å². The van der Waals surface area contributed by atoms with Crippen LogP contribution in [0.3, 0.4) is 0 Å². The second kappa shape index (κ2) is 5.52. The van der Waals surface area contributed by atoms with Crippen molar-refractivity contribution in [1.82, 2.24) is 5.32 Å². The summed E-state index contributed by atoms with van der Waals surface area (Å²) >= 11 is 1.66. The van der Waals surface area contributed by atoms with Gasteiger partial charge in [-0.2, -0.15) is 0 Å². The lowest BCUT2D eigenvalue weighted by molar-refractivity contribution is 0.462. The van der Waals surface area contributed by atoms with Crippen LogP contribution in [0.15, 0.2) is 35.0 Å². The van der Waals surface area contributed by atoms with Crippen molar-refractivity contribution in [2.75, 3.05) is 5.88 Å². The van der Waals surface area contributed by atoms with E-state index in [1.54, 1.807) is 23.9 Å². The molecular formula is C12H18FNS. The smallest absolute Gasteiger partial charge is 0.123 e. The first-order valence-electron chi connectivity index (χ1n) is 5.08. The minimum absolute atomic E-state index is 0.114. The van der Waals surface area contributed by atoms with Crippen LogP contribution in [-0.4, -0.2) is 11.4 Å². The van der Waals surface area contributed by atoms with Crippen molar-refractivity contribution in [3.63, 3.8) is 0 Å². The van der Waals surface area contributed by atoms with E-state index in [0.29, 0.717) is 0 Å². The van der Waals surface area contributed by atoms with Crippen molar-refractivity contribution in [1.29, 1.82) is 0 Å². The first-order valence-corrected chi connectivity index (χ1v) is 6.07. The summed E-state index contributed by atoms with van der Waals surface area (Å²) in [5.74, 6) is 0.651. The number of rotatable bonds is 3. The molecule has 1 rings (SSSR count). The fraction of sp³-hybridized carbons (Fsp3) is 0.500. The Labute approximate surface area is 95.5 Å². The Balaban J connectivity index is 2.39. The average Bonchev–Trinajstić information content (AvgIpc) is 2.27. The van der Waals surface area contributed by atoms with Gasteiger partial charge >= 0.3 is 0 Å². The normalized spacial score (nSPS) is 17.1. The SMILES string of the molecule is CC(C)(C)NCSC1=CC(F)=CC=CC1. The summed E-state index contributed by atoms with van der Waals surface area (Å²) in [6.07, 6.45) is 7.65. The molecular weight excluding hydrogens is 209 g/mol. The predicted octanol–water partition coefficient (Wildman–Crippen LogP) is 3.76. The number of hydrogen-bond donors (Lipinski definition) is 1. The molecule has 15 heavy (non-hydrogen) atoms. The lowest BCUT2D eigenvalue weighted by Crippen LogP contribution is -2.35. The molecule has 0 unspecified atom stereocenters. The van der Waals surface area contributed by atoms with E-state index in [1.807, 2.05) is 6.08 Å². The number of thioether (sulfide) groups is 1. The average molecular weight is 227 g/mol. The van der Waals surface area contributed by atoms with E-state index in [4.69, 9.17) is 0 Å². The lowest BCUT2D eigenvalue weighted by atomic mass is 10.1. The topological polar surface area (TPSA) is 12.0 Å². The van der Waals surface area contributed by atoms with Crippen LogP contribution in [0.1, 0.15) is 27.2 Å². The molecule has 0 amide bonds. The molecule has 0 radical (unpaired) electrons. The zero-order valence-corrected chi connectivity index (χ0v) is 10.3. The Morgan fingerprint density at radius 2 is 2.20 bits per heavy atom. The van der Waals surface area contributed by atoms with Crippen LogP contribution in [-0.2, 0) is 0 Å². The molecule has 3 heteroatoms. The van der Waals surface area contributed by atoms with E-state index in [-0.39, 0.29) is 11.4 Å². The Hall–Kier alpha value is -0.540. The summed E-state index contributed by atoms with van der Waals surface area (Å²) in [6.45, 7) is 6.36. The number of allylic oxidation sites excluding steroid dienone is 6. The molecule has 0 spiro atoms. The zero-order chi connectivity index (χ0) is 11.3. The van der Waals surface area contributed by atoms with Gasteiger partial charge in [0.2, 0.25) is 0 Å². The number of hydrogen-bond acceptors (Lipinski definition) is 2. The van der Waals surface area contributed by atoms with Crippen molar-refractivity contribution in [2.45, 2.75) is 32.7 Å². The van der Waals surface area contributed by atoms with Gasteiger partial charge in [0.1, 0.15) is 5.83 Å². The van der Waals surface area contributed by atoms with Gasteiger partial charge in [0.25, 0.3) is 0 Å². The van der Waals surface area contributed by atoms with Gasteiger partial charge in [0, 0.05) is 11.4 Å². The molecule has 1 N–H and O–H groups in total. The molecule has 1 nitrogen and oxygen atoms in total. The standard InChI is InChI=1S/C12H18FNS/c1-12(2,3)14-9-15-11-7-5-4-6-10(13)8-11/h4-6,8,14H,7,9H2,1-3H3. The van der Waals surface area contributed by atoms with Crippen LogP contribution >= 0.6 is 11.8 Å². The van der Waals surface area contributed by atoms with Crippen LogP contribution < -0.4 is 5.32 Å². The van der Waals surface area contributed by atoms with E-state index < -0.39 is 0 Å². The van der Waals surface area contributed by atoms with E-state index in [0.717, 1.165) is 17.2 Å². The first kappa shape index (κ1) is 12.5. The third-order valence-corrected chi connectivity index (χ3v) is 2.81. The van der Waals surface area contributed by atoms with Crippen molar-refractivity contribution in [2.24, 2.45) is 0 Å². The van der Waals surface area contributed by atoms with E-state index in [9.17, 15) is 4.39 Å². The summed E-state index contributed by atoms with van der Waals surface area (Å²) in [7, 11) is 0. The molecule has 0 aliphatic heterocycles. The highest BCUT2D eigenvalue weighted by Crippen LogP contribution is 2.24. The van der Waals surface area contributed by atoms with Gasteiger partial charge in [-0.15, -0.1) is 11.8 Å². The maximum Gasteiger partial charge on any atom is 0.123 e. The molecule has 1 aliphatic rings. The monoisotopic (exact) mass is 227 g/mol. The maximum atomic E-state index is 13.1. The third-order valence-electron chi connectivity index (χ3n) is 1.87. The summed E-state index contributed by atoms with van der Waals surface area (Å²) < 4.78 is 13.1. The van der Waals surface area contributed by atoms with Crippen LogP contribution in [0, 0.1) is 0 Å². The van der Waals surface area contributed by atoms with Crippen LogP contribution in [0.5, 0.6) is 0 Å². The zero-order valence-electron chi connectivity index (χ0n) is 9.51. The largest absolute Gasteiger partial charge is 0.303 e. The van der Waals surface area contributed by atoms with Gasteiger partial charge in [-0.25, -0.2) is 4.39 Å². The highest BCUT2D eigenvalue weighted by Gasteiger charge is 2.08. The summed E-state index contributed by atoms with van der Waals surface area (Å²) in [5.41, 5.74) is 0.114. The summed E-state index contributed by atoms with van der Waals surface area (Å²) in [6, 6.07) is 0. The summed E-state index contributed by atoms with van der Waals surface area (Å²) in [4.78, 5) is 1.06. The fourth-order valence-electron chi connectivity index (χ4n) is 1.05. The fourth-order valence-corrected chi connectivity index (χ4v) is 2.15. The Kier molecular flexibility index (Phi) is 4.61. The Morgan fingerprint density at radius 3 is 2.87 bits per heavy atom. The van der Waals surface area contributed by atoms with Crippen molar-refractivity contribution in [3.8, 4) is 0 Å². The third kappa shape index (κ3) is 5.80. The minimum Gasteiger partial charge on any atom is -0.303 e. The number of nitrogens with one attached hydrogen (secondary N) is 1. The van der Waals surface area contributed by atoms with Crippen LogP contribution in [0.4, 0.5) is 4.39 Å². The molecule has 1 aliphatic carbocycles. The molecule has 0 aromatic heterocycles. The maximum absolute atomic E-state index is 13.1. The first-order chi connectivity index (χ1) is 6.97. The van der Waals surface area contributed by atoms with Gasteiger partial charge < -0.3 is 5.32 Å². The quantitative estimate of drug-likeness (QED) is 0.737. The molecule has 0 aromatic carbocycles. The molecule has 0 aromatic rings. The highest BCUT2D eigenvalue weighted by molar-refractivity contribution is 8.03. The van der Waals surface area contributed by atoms with Crippen LogP contribution in [0.2, 0.25) is 0 Å². The van der Waals surface area contributed by atoms with Gasteiger partial charge in [-0.3, -0.25) is 0 Å². The van der Waals surface area contributed by atoms with Gasteiger partial charge in [0.05, 0.1) is 0 Å². The van der Waals surface area contributed by atoms with Crippen molar-refractivity contribution < 1.29 is 4.39 Å². The van der Waals surface area contributed by atoms with Crippen LogP contribution in [0.25, 0.3) is 0 Å². The lowest BCUT2D eigenvalue weighted by Gasteiger charge is -2.20.